The van der Waals surface area contributed by atoms with Crippen molar-refractivity contribution in [2.75, 3.05) is 19.4 Å². The average molecular weight is 402 g/mol. The molecule has 2 aromatic rings. The zero-order valence-corrected chi connectivity index (χ0v) is 15.9. The van der Waals surface area contributed by atoms with E-state index in [2.05, 4.69) is 10.6 Å². The van der Waals surface area contributed by atoms with Crippen LogP contribution in [0.4, 0.5) is 10.5 Å². The predicted octanol–water partition coefficient (Wildman–Crippen LogP) is 3.57. The standard InChI is InChI=1S/C16H17Cl2N3O3S/c1-21(2)25(23,24)15-6-4-3-5-11(15)10-19-16(22)20-12-7-8-13(17)14(18)9-12/h3-9H,10H2,1-2H3,(H2,19,20,22). The van der Waals surface area contributed by atoms with Gasteiger partial charge >= 0.3 is 6.03 Å². The Morgan fingerprint density at radius 2 is 1.76 bits per heavy atom. The van der Waals surface area contributed by atoms with Crippen molar-refractivity contribution in [1.82, 2.24) is 9.62 Å². The molecule has 2 N–H and O–H groups in total. The lowest BCUT2D eigenvalue weighted by molar-refractivity contribution is 0.251. The topological polar surface area (TPSA) is 78.5 Å². The average Bonchev–Trinajstić information content (AvgIpc) is 2.56. The smallest absolute Gasteiger partial charge is 0.319 e. The van der Waals surface area contributed by atoms with Crippen molar-refractivity contribution in [1.29, 1.82) is 0 Å². The van der Waals surface area contributed by atoms with Gasteiger partial charge in [-0.05, 0) is 29.8 Å². The van der Waals surface area contributed by atoms with Gasteiger partial charge in [-0.2, -0.15) is 0 Å². The number of hydrogen-bond acceptors (Lipinski definition) is 3. The number of carbonyl (C=O) groups excluding carboxylic acids is 1. The van der Waals surface area contributed by atoms with Crippen LogP contribution in [-0.4, -0.2) is 32.8 Å². The molecule has 9 heteroatoms. The largest absolute Gasteiger partial charge is 0.334 e. The second kappa shape index (κ2) is 8.05. The van der Waals surface area contributed by atoms with Crippen molar-refractivity contribution < 1.29 is 13.2 Å². The molecule has 2 rings (SSSR count). The summed E-state index contributed by atoms with van der Waals surface area (Å²) in [6.07, 6.45) is 0. The van der Waals surface area contributed by atoms with Crippen molar-refractivity contribution >= 4 is 44.9 Å². The molecule has 0 spiro atoms. The molecule has 0 radical (unpaired) electrons. The Hall–Kier alpha value is -1.80. The highest BCUT2D eigenvalue weighted by Crippen LogP contribution is 2.25. The van der Waals surface area contributed by atoms with Crippen LogP contribution in [0, 0.1) is 0 Å². The first-order valence-corrected chi connectivity index (χ1v) is 9.42. The van der Waals surface area contributed by atoms with E-state index in [1.807, 2.05) is 0 Å². The van der Waals surface area contributed by atoms with E-state index in [9.17, 15) is 13.2 Å². The highest BCUT2D eigenvalue weighted by Gasteiger charge is 2.20. The van der Waals surface area contributed by atoms with Crippen LogP contribution in [-0.2, 0) is 16.6 Å². The van der Waals surface area contributed by atoms with Crippen LogP contribution in [0.1, 0.15) is 5.56 Å². The molecule has 0 aliphatic heterocycles. The number of carbonyl (C=O) groups is 1. The number of halogens is 2. The summed E-state index contributed by atoms with van der Waals surface area (Å²) in [4.78, 5) is 12.2. The molecule has 0 bridgehead atoms. The highest BCUT2D eigenvalue weighted by molar-refractivity contribution is 7.89. The van der Waals surface area contributed by atoms with E-state index in [-0.39, 0.29) is 11.4 Å². The molecule has 0 aliphatic rings. The van der Waals surface area contributed by atoms with Crippen LogP contribution in [0.3, 0.4) is 0 Å². The van der Waals surface area contributed by atoms with Crippen molar-refractivity contribution in [2.45, 2.75) is 11.4 Å². The molecular formula is C16H17Cl2N3O3S. The molecular weight excluding hydrogens is 385 g/mol. The molecule has 0 fully saturated rings. The van der Waals surface area contributed by atoms with Gasteiger partial charge in [-0.15, -0.1) is 0 Å². The SMILES string of the molecule is CN(C)S(=O)(=O)c1ccccc1CNC(=O)Nc1ccc(Cl)c(Cl)c1. The van der Waals surface area contributed by atoms with Gasteiger partial charge in [0.15, 0.2) is 0 Å². The van der Waals surface area contributed by atoms with Gasteiger partial charge in [0, 0.05) is 26.3 Å². The number of hydrogen-bond donors (Lipinski definition) is 2. The lowest BCUT2D eigenvalue weighted by Gasteiger charge is -2.15. The van der Waals surface area contributed by atoms with Crippen LogP contribution >= 0.6 is 23.2 Å². The normalized spacial score (nSPS) is 11.4. The van der Waals surface area contributed by atoms with Crippen LogP contribution in [0.15, 0.2) is 47.4 Å². The summed E-state index contributed by atoms with van der Waals surface area (Å²) in [5, 5.41) is 5.94. The van der Waals surface area contributed by atoms with Crippen LogP contribution < -0.4 is 10.6 Å². The Labute approximate surface area is 156 Å². The first kappa shape index (κ1) is 19.5. The fourth-order valence-corrected chi connectivity index (χ4v) is 3.44. The zero-order valence-electron chi connectivity index (χ0n) is 13.6. The number of nitrogens with one attached hydrogen (secondary N) is 2. The van der Waals surface area contributed by atoms with Crippen LogP contribution in [0.25, 0.3) is 0 Å². The Morgan fingerprint density at radius 1 is 1.08 bits per heavy atom. The molecule has 0 heterocycles. The second-order valence-electron chi connectivity index (χ2n) is 5.33. The Morgan fingerprint density at radius 3 is 2.40 bits per heavy atom. The molecule has 0 unspecified atom stereocenters. The van der Waals surface area contributed by atoms with Gasteiger partial charge in [0.1, 0.15) is 0 Å². The molecule has 2 amide bonds. The number of urea groups is 1. The van der Waals surface area contributed by atoms with E-state index >= 15 is 0 Å². The summed E-state index contributed by atoms with van der Waals surface area (Å²) in [7, 11) is -0.685. The number of benzene rings is 2. The number of rotatable bonds is 5. The third kappa shape index (κ3) is 4.85. The van der Waals surface area contributed by atoms with E-state index in [0.29, 0.717) is 21.3 Å². The van der Waals surface area contributed by atoms with Crippen molar-refractivity contribution in [2.24, 2.45) is 0 Å². The maximum absolute atomic E-state index is 12.3. The second-order valence-corrected chi connectivity index (χ2v) is 8.27. The fraction of sp³-hybridized carbons (Fsp3) is 0.188. The molecule has 0 saturated heterocycles. The number of nitrogens with zero attached hydrogens (tertiary/aromatic N) is 1. The van der Waals surface area contributed by atoms with Crippen LogP contribution in [0.2, 0.25) is 10.0 Å². The lowest BCUT2D eigenvalue weighted by Crippen LogP contribution is -2.30. The lowest BCUT2D eigenvalue weighted by atomic mass is 10.2. The summed E-state index contributed by atoms with van der Waals surface area (Å²) in [6, 6.07) is 10.7. The van der Waals surface area contributed by atoms with Gasteiger partial charge in [-0.3, -0.25) is 0 Å². The maximum Gasteiger partial charge on any atom is 0.319 e. The Bertz CT molecular complexity index is 886. The molecule has 0 atom stereocenters. The fourth-order valence-electron chi connectivity index (χ4n) is 2.02. The third-order valence-electron chi connectivity index (χ3n) is 3.35. The molecule has 0 aliphatic carbocycles. The molecule has 6 nitrogen and oxygen atoms in total. The third-order valence-corrected chi connectivity index (χ3v) is 6.00. The van der Waals surface area contributed by atoms with Gasteiger partial charge in [0.25, 0.3) is 0 Å². The maximum atomic E-state index is 12.3. The predicted molar refractivity (Wildman–Crippen MR) is 99.6 cm³/mol. The van der Waals surface area contributed by atoms with Gasteiger partial charge in [0.05, 0.1) is 14.9 Å². The minimum atomic E-state index is -3.60. The van der Waals surface area contributed by atoms with E-state index in [0.717, 1.165) is 4.31 Å². The number of sulfonamides is 1. The minimum absolute atomic E-state index is 0.0520. The Balaban J connectivity index is 2.09. The summed E-state index contributed by atoms with van der Waals surface area (Å²) >= 11 is 11.7. The molecule has 134 valence electrons. The summed E-state index contributed by atoms with van der Waals surface area (Å²) in [5.74, 6) is 0. The molecule has 25 heavy (non-hydrogen) atoms. The minimum Gasteiger partial charge on any atom is -0.334 e. The van der Waals surface area contributed by atoms with E-state index in [4.69, 9.17) is 23.2 Å². The van der Waals surface area contributed by atoms with Gasteiger partial charge in [0.2, 0.25) is 10.0 Å². The number of amides is 2. The van der Waals surface area contributed by atoms with E-state index < -0.39 is 16.1 Å². The number of anilines is 1. The summed E-state index contributed by atoms with van der Waals surface area (Å²) < 4.78 is 25.8. The summed E-state index contributed by atoms with van der Waals surface area (Å²) in [6.45, 7) is 0.0520. The van der Waals surface area contributed by atoms with Crippen molar-refractivity contribution in [3.05, 3.63) is 58.1 Å². The van der Waals surface area contributed by atoms with E-state index in [1.165, 1.54) is 26.2 Å². The van der Waals surface area contributed by atoms with Gasteiger partial charge < -0.3 is 10.6 Å². The molecule has 0 saturated carbocycles. The molecule has 2 aromatic carbocycles. The van der Waals surface area contributed by atoms with Gasteiger partial charge in [-0.1, -0.05) is 41.4 Å². The van der Waals surface area contributed by atoms with Gasteiger partial charge in [-0.25, -0.2) is 17.5 Å². The van der Waals surface area contributed by atoms with Crippen molar-refractivity contribution in [3.63, 3.8) is 0 Å². The molecule has 0 aromatic heterocycles. The quantitative estimate of drug-likeness (QED) is 0.803. The van der Waals surface area contributed by atoms with E-state index in [1.54, 1.807) is 30.3 Å². The first-order valence-electron chi connectivity index (χ1n) is 7.22. The highest BCUT2D eigenvalue weighted by atomic mass is 35.5. The Kier molecular flexibility index (Phi) is 6.29. The van der Waals surface area contributed by atoms with Crippen molar-refractivity contribution in [3.8, 4) is 0 Å². The van der Waals surface area contributed by atoms with Crippen LogP contribution in [0.5, 0.6) is 0 Å². The zero-order chi connectivity index (χ0) is 18.6. The summed E-state index contributed by atoms with van der Waals surface area (Å²) in [5.41, 5.74) is 0.960. The monoisotopic (exact) mass is 401 g/mol. The first-order chi connectivity index (χ1) is 11.7.